The number of aliphatic hydroxyl groups excluding tert-OH is 1. The first-order chi connectivity index (χ1) is 22.1. The van der Waals surface area contributed by atoms with E-state index < -0.39 is 24.3 Å². The predicted molar refractivity (Wildman–Crippen MR) is 175 cm³/mol. The van der Waals surface area contributed by atoms with Gasteiger partial charge in [0, 0.05) is 20.8 Å². The summed E-state index contributed by atoms with van der Waals surface area (Å²) in [7, 11) is 2.81. The van der Waals surface area contributed by atoms with Crippen molar-refractivity contribution in [3.05, 3.63) is 92.1 Å². The molecule has 0 saturated heterocycles. The lowest BCUT2D eigenvalue weighted by atomic mass is 9.95. The first-order valence-corrected chi connectivity index (χ1v) is 15.3. The molecular formula is C32H34BrClN4O8. The van der Waals surface area contributed by atoms with Crippen LogP contribution in [0.25, 0.3) is 0 Å². The number of halogens is 2. The molecule has 0 aliphatic carbocycles. The molecule has 46 heavy (non-hydrogen) atoms. The van der Waals surface area contributed by atoms with Crippen molar-refractivity contribution in [2.24, 2.45) is 5.10 Å². The smallest absolute Gasteiger partial charge is 0.337 e. The number of nitrogens with zero attached hydrogens (tertiary/aromatic N) is 1. The second kappa shape index (κ2) is 16.2. The van der Waals surface area contributed by atoms with Crippen molar-refractivity contribution in [2.45, 2.75) is 32.7 Å². The molecule has 12 nitrogen and oxygen atoms in total. The van der Waals surface area contributed by atoms with E-state index in [2.05, 4.69) is 37.1 Å². The summed E-state index contributed by atoms with van der Waals surface area (Å²) < 4.78 is 28.8. The van der Waals surface area contributed by atoms with Gasteiger partial charge in [-0.2, -0.15) is 5.10 Å². The molecule has 1 aliphatic heterocycles. The third kappa shape index (κ3) is 8.83. The van der Waals surface area contributed by atoms with Crippen LogP contribution in [-0.2, 0) is 16.1 Å². The van der Waals surface area contributed by atoms with Crippen LogP contribution in [0.2, 0.25) is 5.02 Å². The van der Waals surface area contributed by atoms with Crippen molar-refractivity contribution in [1.29, 1.82) is 0 Å². The van der Waals surface area contributed by atoms with Gasteiger partial charge in [0.25, 0.3) is 0 Å². The molecule has 0 aromatic heterocycles. The molecule has 0 saturated carbocycles. The molecule has 0 fully saturated rings. The Hall–Kier alpha value is -4.46. The summed E-state index contributed by atoms with van der Waals surface area (Å²) >= 11 is 9.57. The van der Waals surface area contributed by atoms with Gasteiger partial charge in [0.15, 0.2) is 29.2 Å². The van der Waals surface area contributed by atoms with Gasteiger partial charge in [0.2, 0.25) is 0 Å². The van der Waals surface area contributed by atoms with E-state index in [1.165, 1.54) is 20.4 Å². The summed E-state index contributed by atoms with van der Waals surface area (Å²) in [4.78, 5) is 24.7. The molecule has 3 aromatic carbocycles. The van der Waals surface area contributed by atoms with Crippen LogP contribution < -0.4 is 35.0 Å². The van der Waals surface area contributed by atoms with Crippen LogP contribution >= 0.6 is 27.5 Å². The predicted octanol–water partition coefficient (Wildman–Crippen LogP) is 5.21. The van der Waals surface area contributed by atoms with E-state index >= 15 is 0 Å². The number of esters is 1. The minimum absolute atomic E-state index is 0.187. The van der Waals surface area contributed by atoms with E-state index in [0.29, 0.717) is 51.5 Å². The molecule has 4 rings (SSSR count). The maximum Gasteiger partial charge on any atom is 0.337 e. The van der Waals surface area contributed by atoms with Crippen molar-refractivity contribution >= 4 is 45.7 Å². The fourth-order valence-corrected chi connectivity index (χ4v) is 5.26. The van der Waals surface area contributed by atoms with E-state index in [1.54, 1.807) is 43.3 Å². The topological polar surface area (TPSA) is 149 Å². The highest BCUT2D eigenvalue weighted by atomic mass is 79.9. The molecular weight excluding hydrogens is 684 g/mol. The van der Waals surface area contributed by atoms with Gasteiger partial charge >= 0.3 is 12.0 Å². The van der Waals surface area contributed by atoms with Crippen molar-refractivity contribution in [3.8, 4) is 23.0 Å². The second-order valence-electron chi connectivity index (χ2n) is 9.86. The molecule has 244 valence electrons. The van der Waals surface area contributed by atoms with Gasteiger partial charge in [-0.1, -0.05) is 45.7 Å². The van der Waals surface area contributed by atoms with Crippen molar-refractivity contribution in [2.75, 3.05) is 27.4 Å². The first-order valence-electron chi connectivity index (χ1n) is 14.1. The summed E-state index contributed by atoms with van der Waals surface area (Å²) in [6, 6.07) is 14.7. The SMILES string of the molecule is CCOc1cc([C@H]2NC(=O)NC(C)=C2C(=O)OC)ccc1OC[C@H](O)N/N=C/c1cc(Br)cc(OC)c1OCc1cccc(Cl)c1. The lowest BCUT2D eigenvalue weighted by molar-refractivity contribution is -0.136. The highest BCUT2D eigenvalue weighted by Gasteiger charge is 2.32. The molecule has 0 radical (unpaired) electrons. The minimum Gasteiger partial charge on any atom is -0.493 e. The Morgan fingerprint density at radius 3 is 2.63 bits per heavy atom. The fraction of sp³-hybridized carbons (Fsp3) is 0.281. The average Bonchev–Trinajstić information content (AvgIpc) is 3.02. The minimum atomic E-state index is -1.20. The fourth-order valence-electron chi connectivity index (χ4n) is 4.59. The lowest BCUT2D eigenvalue weighted by Crippen LogP contribution is -2.45. The molecule has 0 spiro atoms. The molecule has 14 heteroatoms. The molecule has 1 heterocycles. The number of rotatable bonds is 14. The Bertz CT molecular complexity index is 1630. The third-order valence-corrected chi connectivity index (χ3v) is 7.33. The second-order valence-corrected chi connectivity index (χ2v) is 11.2. The number of carbonyl (C=O) groups is 2. The molecule has 4 N–H and O–H groups in total. The number of methoxy groups -OCH3 is 2. The number of hydrogen-bond donors (Lipinski definition) is 4. The Morgan fingerprint density at radius 1 is 1.11 bits per heavy atom. The van der Waals surface area contributed by atoms with Gasteiger partial charge in [0.1, 0.15) is 13.2 Å². The molecule has 1 aliphatic rings. The molecule has 0 unspecified atom stereocenters. The van der Waals surface area contributed by atoms with Crippen LogP contribution in [0.15, 0.2) is 75.4 Å². The Labute approximate surface area is 279 Å². The zero-order valence-electron chi connectivity index (χ0n) is 25.6. The van der Waals surface area contributed by atoms with Gasteiger partial charge in [0.05, 0.1) is 38.7 Å². The number of allylic oxidation sites excluding steroid dienone is 1. The zero-order chi connectivity index (χ0) is 33.2. The zero-order valence-corrected chi connectivity index (χ0v) is 27.9. The van der Waals surface area contributed by atoms with Crippen molar-refractivity contribution in [3.63, 3.8) is 0 Å². The number of aliphatic hydroxyl groups is 1. The van der Waals surface area contributed by atoms with Crippen LogP contribution in [0.3, 0.4) is 0 Å². The Balaban J connectivity index is 1.44. The Morgan fingerprint density at radius 2 is 1.91 bits per heavy atom. The number of benzene rings is 3. The van der Waals surface area contributed by atoms with E-state index in [4.69, 9.17) is 35.3 Å². The molecule has 0 bridgehead atoms. The maximum absolute atomic E-state index is 12.5. The van der Waals surface area contributed by atoms with Crippen LogP contribution in [0.4, 0.5) is 4.79 Å². The number of urea groups is 1. The van der Waals surface area contributed by atoms with E-state index in [0.717, 1.165) is 10.0 Å². The molecule has 2 amide bonds. The summed E-state index contributed by atoms with van der Waals surface area (Å²) in [5.74, 6) is 1.05. The van der Waals surface area contributed by atoms with Crippen LogP contribution in [-0.4, -0.2) is 57.0 Å². The van der Waals surface area contributed by atoms with Crippen molar-refractivity contribution < 1.29 is 38.4 Å². The third-order valence-electron chi connectivity index (χ3n) is 6.64. The highest BCUT2D eigenvalue weighted by Crippen LogP contribution is 2.36. The first kappa shape index (κ1) is 34.4. The quantitative estimate of drug-likeness (QED) is 0.0764. The molecule has 3 aromatic rings. The van der Waals surface area contributed by atoms with Gasteiger partial charge in [-0.05, 0) is 61.4 Å². The summed E-state index contributed by atoms with van der Waals surface area (Å²) in [6.07, 6.45) is 0.293. The van der Waals surface area contributed by atoms with Crippen LogP contribution in [0, 0.1) is 0 Å². The number of carbonyl (C=O) groups excluding carboxylic acids is 2. The number of amides is 2. The monoisotopic (exact) mass is 716 g/mol. The van der Waals surface area contributed by atoms with Gasteiger partial charge in [-0.3, -0.25) is 5.43 Å². The summed E-state index contributed by atoms with van der Waals surface area (Å²) in [6.45, 7) is 3.81. The van der Waals surface area contributed by atoms with Crippen LogP contribution in [0.1, 0.15) is 36.6 Å². The highest BCUT2D eigenvalue weighted by molar-refractivity contribution is 9.10. The average molecular weight is 718 g/mol. The normalized spacial score (nSPS) is 15.1. The molecule has 2 atom stereocenters. The number of hydrogen-bond acceptors (Lipinski definition) is 10. The van der Waals surface area contributed by atoms with E-state index in [9.17, 15) is 14.7 Å². The summed E-state index contributed by atoms with van der Waals surface area (Å²) in [5.41, 5.74) is 5.32. The van der Waals surface area contributed by atoms with Crippen LogP contribution in [0.5, 0.6) is 23.0 Å². The maximum atomic E-state index is 12.5. The van der Waals surface area contributed by atoms with Gasteiger partial charge in [-0.15, -0.1) is 0 Å². The van der Waals surface area contributed by atoms with Crippen molar-refractivity contribution in [1.82, 2.24) is 16.1 Å². The largest absolute Gasteiger partial charge is 0.493 e. The number of ether oxygens (including phenoxy) is 5. The van der Waals surface area contributed by atoms with Gasteiger partial charge < -0.3 is 39.4 Å². The Kier molecular flexibility index (Phi) is 12.1. The lowest BCUT2D eigenvalue weighted by Gasteiger charge is -2.28. The van der Waals surface area contributed by atoms with E-state index in [1.807, 2.05) is 25.1 Å². The van der Waals surface area contributed by atoms with Gasteiger partial charge in [-0.25, -0.2) is 9.59 Å². The van der Waals surface area contributed by atoms with E-state index in [-0.39, 0.29) is 18.8 Å². The summed E-state index contributed by atoms with van der Waals surface area (Å²) in [5, 5.41) is 20.7. The number of nitrogens with one attached hydrogen (secondary N) is 3. The number of hydrazone groups is 1. The standard InChI is InChI=1S/C32H34BrClN4O8/c1-5-44-25-13-20(29-28(31(40)43-4)18(2)36-32(41)37-29)9-10-24(25)45-17-27(39)38-35-15-21-12-22(33)14-26(42-3)30(21)46-16-19-7-6-8-23(34)11-19/h6-15,27,29,38-39H,5,16-17H2,1-4H3,(H2,36,37,41)/b35-15+/t27-,29+/m0/s1.